The lowest BCUT2D eigenvalue weighted by atomic mass is 10.1. The number of carboxylic acids is 1. The van der Waals surface area contributed by atoms with Crippen molar-refractivity contribution in [2.24, 2.45) is 0 Å². The maximum absolute atomic E-state index is 12.5. The molecule has 0 aliphatic carbocycles. The Morgan fingerprint density at radius 2 is 1.92 bits per heavy atom. The number of nitrogens with one attached hydrogen (secondary N) is 2. The van der Waals surface area contributed by atoms with E-state index in [4.69, 9.17) is 0 Å². The Labute approximate surface area is 149 Å². The molecule has 2 amide bonds. The van der Waals surface area contributed by atoms with Crippen LogP contribution in [0.1, 0.15) is 46.9 Å². The molecular weight excluding hydrogens is 340 g/mol. The van der Waals surface area contributed by atoms with E-state index in [0.29, 0.717) is 24.1 Å². The molecule has 0 fully saturated rings. The second-order valence-electron chi connectivity index (χ2n) is 5.52. The SMILES string of the molecule is CCCC[C@H](NC(=O)c1ccccc1NC(=O)c1ccsc1)C(=O)O. The summed E-state index contributed by atoms with van der Waals surface area (Å²) in [6.07, 6.45) is 1.90. The van der Waals surface area contributed by atoms with Gasteiger partial charge in [0.15, 0.2) is 0 Å². The fourth-order valence-electron chi connectivity index (χ4n) is 2.28. The van der Waals surface area contributed by atoms with Crippen LogP contribution in [0.2, 0.25) is 0 Å². The molecule has 2 rings (SSSR count). The lowest BCUT2D eigenvalue weighted by Gasteiger charge is -2.16. The van der Waals surface area contributed by atoms with E-state index in [9.17, 15) is 19.5 Å². The topological polar surface area (TPSA) is 95.5 Å². The van der Waals surface area contributed by atoms with Gasteiger partial charge in [-0.3, -0.25) is 9.59 Å². The third-order valence-corrected chi connectivity index (χ3v) is 4.34. The molecule has 0 bridgehead atoms. The number of unbranched alkanes of at least 4 members (excludes halogenated alkanes) is 1. The summed E-state index contributed by atoms with van der Waals surface area (Å²) in [5, 5.41) is 18.0. The predicted octanol–water partition coefficient (Wildman–Crippen LogP) is 3.37. The highest BCUT2D eigenvalue weighted by atomic mass is 32.1. The quantitative estimate of drug-likeness (QED) is 0.672. The zero-order valence-electron chi connectivity index (χ0n) is 13.8. The van der Waals surface area contributed by atoms with Crippen molar-refractivity contribution in [2.75, 3.05) is 5.32 Å². The standard InChI is InChI=1S/C18H20N2O4S/c1-2-3-7-15(18(23)24)20-17(22)13-6-4-5-8-14(13)19-16(21)12-9-10-25-11-12/h4-6,8-11,15H,2-3,7H2,1H3,(H,19,21)(H,20,22)(H,23,24)/t15-/m0/s1. The summed E-state index contributed by atoms with van der Waals surface area (Å²) in [6.45, 7) is 1.95. The molecule has 0 saturated carbocycles. The van der Waals surface area contributed by atoms with E-state index in [1.54, 1.807) is 41.1 Å². The molecule has 3 N–H and O–H groups in total. The largest absolute Gasteiger partial charge is 0.480 e. The Morgan fingerprint density at radius 1 is 1.16 bits per heavy atom. The van der Waals surface area contributed by atoms with Gasteiger partial charge in [-0.05, 0) is 30.0 Å². The minimum atomic E-state index is -1.07. The minimum absolute atomic E-state index is 0.230. The Balaban J connectivity index is 2.14. The number of aliphatic carboxylic acids is 1. The lowest BCUT2D eigenvalue weighted by molar-refractivity contribution is -0.139. The molecule has 0 aliphatic rings. The molecule has 25 heavy (non-hydrogen) atoms. The molecular formula is C18H20N2O4S. The highest BCUT2D eigenvalue weighted by Gasteiger charge is 2.22. The second kappa shape index (κ2) is 8.98. The van der Waals surface area contributed by atoms with Gasteiger partial charge in [-0.25, -0.2) is 4.79 Å². The molecule has 2 aromatic rings. The average Bonchev–Trinajstić information content (AvgIpc) is 3.13. The lowest BCUT2D eigenvalue weighted by Crippen LogP contribution is -2.41. The molecule has 0 spiro atoms. The number of hydrogen-bond donors (Lipinski definition) is 3. The summed E-state index contributed by atoms with van der Waals surface area (Å²) in [6, 6.07) is 7.27. The van der Waals surface area contributed by atoms with Crippen LogP contribution in [0.5, 0.6) is 0 Å². The van der Waals surface area contributed by atoms with Gasteiger partial charge in [0, 0.05) is 5.38 Å². The molecule has 6 nitrogen and oxygen atoms in total. The Hall–Kier alpha value is -2.67. The van der Waals surface area contributed by atoms with E-state index in [1.807, 2.05) is 6.92 Å². The van der Waals surface area contributed by atoms with Crippen LogP contribution in [-0.4, -0.2) is 28.9 Å². The summed E-state index contributed by atoms with van der Waals surface area (Å²) >= 11 is 1.40. The Morgan fingerprint density at radius 3 is 2.56 bits per heavy atom. The van der Waals surface area contributed by atoms with Gasteiger partial charge in [0.05, 0.1) is 16.8 Å². The van der Waals surface area contributed by atoms with E-state index in [2.05, 4.69) is 10.6 Å². The average molecular weight is 360 g/mol. The molecule has 0 saturated heterocycles. The van der Waals surface area contributed by atoms with Gasteiger partial charge in [0.25, 0.3) is 11.8 Å². The van der Waals surface area contributed by atoms with E-state index < -0.39 is 17.9 Å². The number of amides is 2. The van der Waals surface area contributed by atoms with E-state index >= 15 is 0 Å². The first-order valence-electron chi connectivity index (χ1n) is 7.99. The first-order valence-corrected chi connectivity index (χ1v) is 8.93. The number of carboxylic acid groups (broad SMARTS) is 1. The number of rotatable bonds is 8. The van der Waals surface area contributed by atoms with Crippen LogP contribution in [0.15, 0.2) is 41.1 Å². The first-order chi connectivity index (χ1) is 12.0. The summed E-state index contributed by atoms with van der Waals surface area (Å²) < 4.78 is 0. The number of para-hydroxylation sites is 1. The van der Waals surface area contributed by atoms with E-state index in [1.165, 1.54) is 11.3 Å². The van der Waals surface area contributed by atoms with Crippen LogP contribution >= 0.6 is 11.3 Å². The van der Waals surface area contributed by atoms with Crippen molar-refractivity contribution < 1.29 is 19.5 Å². The molecule has 132 valence electrons. The van der Waals surface area contributed by atoms with Crippen LogP contribution in [0.4, 0.5) is 5.69 Å². The van der Waals surface area contributed by atoms with Gasteiger partial charge >= 0.3 is 5.97 Å². The van der Waals surface area contributed by atoms with Crippen LogP contribution in [0.25, 0.3) is 0 Å². The highest BCUT2D eigenvalue weighted by molar-refractivity contribution is 7.08. The molecule has 1 aromatic carbocycles. The molecule has 7 heteroatoms. The fourth-order valence-corrected chi connectivity index (χ4v) is 2.92. The normalized spacial score (nSPS) is 11.6. The zero-order valence-corrected chi connectivity index (χ0v) is 14.6. The van der Waals surface area contributed by atoms with Crippen molar-refractivity contribution in [1.29, 1.82) is 0 Å². The third kappa shape index (κ3) is 5.15. The third-order valence-electron chi connectivity index (χ3n) is 3.65. The monoisotopic (exact) mass is 360 g/mol. The zero-order chi connectivity index (χ0) is 18.2. The van der Waals surface area contributed by atoms with E-state index in [0.717, 1.165) is 6.42 Å². The number of carbonyl (C=O) groups excluding carboxylic acids is 2. The van der Waals surface area contributed by atoms with Crippen LogP contribution in [0, 0.1) is 0 Å². The molecule has 1 heterocycles. The molecule has 1 atom stereocenters. The van der Waals surface area contributed by atoms with E-state index in [-0.39, 0.29) is 11.5 Å². The van der Waals surface area contributed by atoms with Gasteiger partial charge in [0.2, 0.25) is 0 Å². The predicted molar refractivity (Wildman–Crippen MR) is 97.1 cm³/mol. The van der Waals surface area contributed by atoms with Gasteiger partial charge in [-0.1, -0.05) is 31.9 Å². The molecule has 0 aliphatic heterocycles. The number of anilines is 1. The second-order valence-corrected chi connectivity index (χ2v) is 6.30. The summed E-state index contributed by atoms with van der Waals surface area (Å²) in [4.78, 5) is 36.0. The number of carbonyl (C=O) groups is 3. The van der Waals surface area contributed by atoms with Crippen LogP contribution in [-0.2, 0) is 4.79 Å². The maximum Gasteiger partial charge on any atom is 0.326 e. The van der Waals surface area contributed by atoms with Crippen molar-refractivity contribution in [2.45, 2.75) is 32.2 Å². The summed E-state index contributed by atoms with van der Waals surface area (Å²) in [5.41, 5.74) is 1.08. The highest BCUT2D eigenvalue weighted by Crippen LogP contribution is 2.17. The smallest absolute Gasteiger partial charge is 0.326 e. The summed E-state index contributed by atoms with van der Waals surface area (Å²) in [5.74, 6) is -1.91. The minimum Gasteiger partial charge on any atom is -0.480 e. The molecule has 0 radical (unpaired) electrons. The van der Waals surface area contributed by atoms with Crippen molar-refractivity contribution in [3.8, 4) is 0 Å². The number of benzene rings is 1. The number of hydrogen-bond acceptors (Lipinski definition) is 4. The van der Waals surface area contributed by atoms with Crippen molar-refractivity contribution in [3.63, 3.8) is 0 Å². The van der Waals surface area contributed by atoms with Gasteiger partial charge in [-0.2, -0.15) is 11.3 Å². The molecule has 0 unspecified atom stereocenters. The van der Waals surface area contributed by atoms with Gasteiger partial charge < -0.3 is 15.7 Å². The van der Waals surface area contributed by atoms with Crippen LogP contribution in [0.3, 0.4) is 0 Å². The van der Waals surface area contributed by atoms with Crippen LogP contribution < -0.4 is 10.6 Å². The first kappa shape index (κ1) is 18.7. The van der Waals surface area contributed by atoms with Crippen molar-refractivity contribution >= 4 is 34.8 Å². The molecule has 1 aromatic heterocycles. The van der Waals surface area contributed by atoms with Gasteiger partial charge in [-0.15, -0.1) is 0 Å². The van der Waals surface area contributed by atoms with Crippen molar-refractivity contribution in [3.05, 3.63) is 52.2 Å². The fraction of sp³-hybridized carbons (Fsp3) is 0.278. The number of thiophene rings is 1. The Kier molecular flexibility index (Phi) is 6.71. The van der Waals surface area contributed by atoms with Crippen molar-refractivity contribution in [1.82, 2.24) is 5.32 Å². The van der Waals surface area contributed by atoms with Gasteiger partial charge in [0.1, 0.15) is 6.04 Å². The maximum atomic E-state index is 12.5. The summed E-state index contributed by atoms with van der Waals surface area (Å²) in [7, 11) is 0. The Bertz CT molecular complexity index is 743.